The van der Waals surface area contributed by atoms with Gasteiger partial charge < -0.3 is 5.73 Å². The summed E-state index contributed by atoms with van der Waals surface area (Å²) in [4.78, 5) is 3.12. The predicted octanol–water partition coefficient (Wildman–Crippen LogP) is 3.46. The van der Waals surface area contributed by atoms with E-state index in [1.54, 1.807) is 12.1 Å². The minimum atomic E-state index is -0.420. The summed E-state index contributed by atoms with van der Waals surface area (Å²) in [7, 11) is 1.91. The Balaban J connectivity index is 2.09. The Morgan fingerprint density at radius 3 is 2.70 bits per heavy atom. The number of nitrogen functional groups attached to an aromatic ring is 1. The highest BCUT2D eigenvalue weighted by molar-refractivity contribution is 7.16. The van der Waals surface area contributed by atoms with E-state index in [1.165, 1.54) is 17.4 Å². The molecule has 3 N–H and O–H groups in total. The molecular weight excluding hydrogens is 297 g/mol. The number of nitrogens with zero attached hydrogens (tertiary/aromatic N) is 1. The van der Waals surface area contributed by atoms with Gasteiger partial charge in [-0.1, -0.05) is 23.7 Å². The van der Waals surface area contributed by atoms with Crippen LogP contribution >= 0.6 is 22.9 Å². The molecule has 0 unspecified atom stereocenters. The van der Waals surface area contributed by atoms with Gasteiger partial charge in [0.25, 0.3) is 0 Å². The molecule has 1 aromatic heterocycles. The van der Waals surface area contributed by atoms with Crippen molar-refractivity contribution in [1.82, 2.24) is 4.90 Å². The summed E-state index contributed by atoms with van der Waals surface area (Å²) >= 11 is 7.40. The van der Waals surface area contributed by atoms with Gasteiger partial charge in [0.1, 0.15) is 11.7 Å². The molecule has 1 heterocycles. The van der Waals surface area contributed by atoms with Crippen LogP contribution in [-0.4, -0.2) is 17.8 Å². The second-order valence-corrected chi connectivity index (χ2v) is 6.37. The van der Waals surface area contributed by atoms with Gasteiger partial charge in [-0.05, 0) is 25.2 Å². The second-order valence-electron chi connectivity index (χ2n) is 4.57. The summed E-state index contributed by atoms with van der Waals surface area (Å²) in [5, 5.41) is 7.35. The molecule has 0 bridgehead atoms. The standard InChI is InChI=1S/C14H15ClFN3S/c1-19(8-10-5-6-12(15)20-10)7-9-3-2-4-11(13(9)16)14(17)18/h2-6H,7-8H2,1H3,(H3,17,18). The zero-order valence-corrected chi connectivity index (χ0v) is 12.6. The van der Waals surface area contributed by atoms with Gasteiger partial charge in [0.15, 0.2) is 0 Å². The van der Waals surface area contributed by atoms with Gasteiger partial charge in [-0.3, -0.25) is 10.3 Å². The van der Waals surface area contributed by atoms with E-state index >= 15 is 0 Å². The first kappa shape index (κ1) is 15.0. The summed E-state index contributed by atoms with van der Waals surface area (Å²) in [6, 6.07) is 8.75. The molecule has 6 heteroatoms. The molecule has 0 atom stereocenters. The summed E-state index contributed by atoms with van der Waals surface area (Å²) in [5.41, 5.74) is 6.04. The first-order valence-electron chi connectivity index (χ1n) is 6.02. The van der Waals surface area contributed by atoms with Gasteiger partial charge in [-0.25, -0.2) is 4.39 Å². The number of hydrogen-bond acceptors (Lipinski definition) is 3. The number of halogens is 2. The van der Waals surface area contributed by atoms with Gasteiger partial charge in [0.05, 0.1) is 9.90 Å². The lowest BCUT2D eigenvalue weighted by Gasteiger charge is -2.17. The fourth-order valence-corrected chi connectivity index (χ4v) is 3.13. The molecule has 0 fully saturated rings. The minimum absolute atomic E-state index is 0.148. The maximum absolute atomic E-state index is 14.2. The van der Waals surface area contributed by atoms with Crippen LogP contribution in [0.25, 0.3) is 0 Å². The SMILES string of the molecule is CN(Cc1ccc(Cl)s1)Cc1cccc(C(=N)N)c1F. The largest absolute Gasteiger partial charge is 0.384 e. The minimum Gasteiger partial charge on any atom is -0.384 e. The van der Waals surface area contributed by atoms with Crippen LogP contribution in [0.3, 0.4) is 0 Å². The van der Waals surface area contributed by atoms with Crippen molar-refractivity contribution in [2.45, 2.75) is 13.1 Å². The van der Waals surface area contributed by atoms with Crippen LogP contribution < -0.4 is 5.73 Å². The molecule has 3 nitrogen and oxygen atoms in total. The van der Waals surface area contributed by atoms with Crippen molar-refractivity contribution >= 4 is 28.8 Å². The monoisotopic (exact) mass is 311 g/mol. The van der Waals surface area contributed by atoms with E-state index in [0.29, 0.717) is 18.7 Å². The van der Waals surface area contributed by atoms with Crippen molar-refractivity contribution in [3.8, 4) is 0 Å². The quantitative estimate of drug-likeness (QED) is 0.656. The first-order chi connectivity index (χ1) is 9.47. The first-order valence-corrected chi connectivity index (χ1v) is 7.21. The molecular formula is C14H15ClFN3S. The van der Waals surface area contributed by atoms with Gasteiger partial charge >= 0.3 is 0 Å². The van der Waals surface area contributed by atoms with Crippen LogP contribution in [0.2, 0.25) is 4.34 Å². The summed E-state index contributed by atoms with van der Waals surface area (Å²) in [5.74, 6) is -0.673. The Morgan fingerprint density at radius 2 is 2.10 bits per heavy atom. The van der Waals surface area contributed by atoms with Crippen LogP contribution in [0, 0.1) is 11.2 Å². The molecule has 20 heavy (non-hydrogen) atoms. The lowest BCUT2D eigenvalue weighted by Crippen LogP contribution is -2.19. The Bertz CT molecular complexity index is 627. The van der Waals surface area contributed by atoms with Gasteiger partial charge in [-0.15, -0.1) is 11.3 Å². The molecule has 106 valence electrons. The summed E-state index contributed by atoms with van der Waals surface area (Å²) in [6.45, 7) is 1.14. The molecule has 0 saturated carbocycles. The number of hydrogen-bond donors (Lipinski definition) is 2. The molecule has 0 spiro atoms. The zero-order chi connectivity index (χ0) is 14.7. The van der Waals surface area contributed by atoms with Gasteiger partial charge in [0, 0.05) is 23.5 Å². The molecule has 0 saturated heterocycles. The topological polar surface area (TPSA) is 53.1 Å². The maximum Gasteiger partial charge on any atom is 0.138 e. The molecule has 2 aromatic rings. The number of amidine groups is 1. The Morgan fingerprint density at radius 1 is 1.35 bits per heavy atom. The van der Waals surface area contributed by atoms with Crippen molar-refractivity contribution in [3.05, 3.63) is 56.5 Å². The summed E-state index contributed by atoms with van der Waals surface area (Å²) in [6.07, 6.45) is 0. The maximum atomic E-state index is 14.2. The fraction of sp³-hybridized carbons (Fsp3) is 0.214. The highest BCUT2D eigenvalue weighted by Gasteiger charge is 2.12. The smallest absolute Gasteiger partial charge is 0.138 e. The Hall–Kier alpha value is -1.43. The average molecular weight is 312 g/mol. The lowest BCUT2D eigenvalue weighted by atomic mass is 10.1. The molecule has 0 radical (unpaired) electrons. The lowest BCUT2D eigenvalue weighted by molar-refractivity contribution is 0.316. The zero-order valence-electron chi connectivity index (χ0n) is 11.0. The van der Waals surface area contributed by atoms with Crippen molar-refractivity contribution in [3.63, 3.8) is 0 Å². The third-order valence-electron chi connectivity index (χ3n) is 2.86. The van der Waals surface area contributed by atoms with Crippen molar-refractivity contribution in [2.24, 2.45) is 5.73 Å². The number of benzene rings is 1. The number of nitrogens with one attached hydrogen (secondary N) is 1. The van der Waals surface area contributed by atoms with Crippen LogP contribution in [0.1, 0.15) is 16.0 Å². The van der Waals surface area contributed by atoms with Gasteiger partial charge in [0.2, 0.25) is 0 Å². The van der Waals surface area contributed by atoms with Crippen molar-refractivity contribution in [2.75, 3.05) is 7.05 Å². The van der Waals surface area contributed by atoms with Crippen LogP contribution in [-0.2, 0) is 13.1 Å². The fourth-order valence-electron chi connectivity index (χ4n) is 1.96. The van der Waals surface area contributed by atoms with E-state index in [1.807, 2.05) is 24.1 Å². The number of thiophene rings is 1. The molecule has 0 aliphatic rings. The van der Waals surface area contributed by atoms with E-state index in [4.69, 9.17) is 22.7 Å². The van der Waals surface area contributed by atoms with Crippen LogP contribution in [0.5, 0.6) is 0 Å². The predicted molar refractivity (Wildman–Crippen MR) is 81.9 cm³/mol. The average Bonchev–Trinajstić information content (AvgIpc) is 2.77. The third-order valence-corrected chi connectivity index (χ3v) is 4.08. The van der Waals surface area contributed by atoms with Crippen LogP contribution in [0.15, 0.2) is 30.3 Å². The van der Waals surface area contributed by atoms with E-state index in [0.717, 1.165) is 9.21 Å². The number of rotatable bonds is 5. The molecule has 0 aliphatic carbocycles. The molecule has 0 amide bonds. The molecule has 0 aliphatic heterocycles. The van der Waals surface area contributed by atoms with Crippen LogP contribution in [0.4, 0.5) is 4.39 Å². The van der Waals surface area contributed by atoms with Crippen molar-refractivity contribution in [1.29, 1.82) is 5.41 Å². The van der Waals surface area contributed by atoms with Crippen molar-refractivity contribution < 1.29 is 4.39 Å². The van der Waals surface area contributed by atoms with Gasteiger partial charge in [-0.2, -0.15) is 0 Å². The normalized spacial score (nSPS) is 11.0. The highest BCUT2D eigenvalue weighted by Crippen LogP contribution is 2.23. The summed E-state index contributed by atoms with van der Waals surface area (Å²) < 4.78 is 14.9. The molecule has 2 rings (SSSR count). The number of nitrogens with two attached hydrogens (primary N) is 1. The Kier molecular flexibility index (Phi) is 4.75. The second kappa shape index (κ2) is 6.35. The Labute approximate surface area is 126 Å². The molecule has 1 aromatic carbocycles. The van der Waals surface area contributed by atoms with E-state index in [2.05, 4.69) is 0 Å². The van der Waals surface area contributed by atoms with E-state index in [9.17, 15) is 4.39 Å². The van der Waals surface area contributed by atoms with E-state index in [-0.39, 0.29) is 11.4 Å². The third kappa shape index (κ3) is 3.56. The highest BCUT2D eigenvalue weighted by atomic mass is 35.5. The van der Waals surface area contributed by atoms with E-state index < -0.39 is 5.82 Å².